The van der Waals surface area contributed by atoms with Crippen molar-refractivity contribution in [2.24, 2.45) is 17.6 Å². The van der Waals surface area contributed by atoms with Gasteiger partial charge in [0, 0.05) is 20.5 Å². The average Bonchev–Trinajstić information content (AvgIpc) is 2.18. The lowest BCUT2D eigenvalue weighted by molar-refractivity contribution is -0.128. The van der Waals surface area contributed by atoms with Crippen molar-refractivity contribution in [1.29, 1.82) is 0 Å². The standard InChI is InChI=1S/C12H24N2O/c1-10(15)14(2)9-12-5-3-4-11(8-12)6-7-13/h11-12H,3-9,13H2,1-2H3. The molecule has 1 aliphatic carbocycles. The van der Waals surface area contributed by atoms with Gasteiger partial charge in [0.1, 0.15) is 0 Å². The van der Waals surface area contributed by atoms with E-state index >= 15 is 0 Å². The van der Waals surface area contributed by atoms with Gasteiger partial charge in [0.15, 0.2) is 0 Å². The lowest BCUT2D eigenvalue weighted by Crippen LogP contribution is -2.32. The molecule has 1 amide bonds. The summed E-state index contributed by atoms with van der Waals surface area (Å²) in [6.45, 7) is 3.37. The average molecular weight is 212 g/mol. The minimum Gasteiger partial charge on any atom is -0.346 e. The molecule has 2 atom stereocenters. The van der Waals surface area contributed by atoms with E-state index in [2.05, 4.69) is 0 Å². The van der Waals surface area contributed by atoms with Crippen LogP contribution in [-0.4, -0.2) is 30.9 Å². The van der Waals surface area contributed by atoms with Crippen molar-refractivity contribution in [1.82, 2.24) is 4.90 Å². The number of hydrogen-bond acceptors (Lipinski definition) is 2. The molecule has 0 heterocycles. The van der Waals surface area contributed by atoms with Crippen LogP contribution in [0.5, 0.6) is 0 Å². The number of carbonyl (C=O) groups excluding carboxylic acids is 1. The summed E-state index contributed by atoms with van der Waals surface area (Å²) in [5, 5.41) is 0. The Labute approximate surface area is 93.0 Å². The molecular formula is C12H24N2O. The summed E-state index contributed by atoms with van der Waals surface area (Å²) < 4.78 is 0. The van der Waals surface area contributed by atoms with Crippen LogP contribution in [0.3, 0.4) is 0 Å². The second-order valence-corrected chi connectivity index (χ2v) is 4.88. The third-order valence-corrected chi connectivity index (χ3v) is 3.54. The fourth-order valence-electron chi connectivity index (χ4n) is 2.58. The van der Waals surface area contributed by atoms with Gasteiger partial charge < -0.3 is 10.6 Å². The third-order valence-electron chi connectivity index (χ3n) is 3.54. The molecule has 0 aromatic rings. The third kappa shape index (κ3) is 4.20. The zero-order chi connectivity index (χ0) is 11.3. The van der Waals surface area contributed by atoms with Gasteiger partial charge in [-0.1, -0.05) is 12.8 Å². The molecule has 0 radical (unpaired) electrons. The van der Waals surface area contributed by atoms with Crippen LogP contribution in [0.2, 0.25) is 0 Å². The first-order chi connectivity index (χ1) is 7.13. The lowest BCUT2D eigenvalue weighted by Gasteiger charge is -2.31. The minimum atomic E-state index is 0.177. The predicted octanol–water partition coefficient (Wildman–Crippen LogP) is 1.62. The predicted molar refractivity (Wildman–Crippen MR) is 62.4 cm³/mol. The Balaban J connectivity index is 2.32. The molecule has 0 spiro atoms. The highest BCUT2D eigenvalue weighted by molar-refractivity contribution is 5.72. The van der Waals surface area contributed by atoms with Crippen molar-refractivity contribution in [3.05, 3.63) is 0 Å². The van der Waals surface area contributed by atoms with Crippen molar-refractivity contribution < 1.29 is 4.79 Å². The van der Waals surface area contributed by atoms with Crippen molar-refractivity contribution in [2.75, 3.05) is 20.1 Å². The second kappa shape index (κ2) is 6.11. The fraction of sp³-hybridized carbons (Fsp3) is 0.917. The molecule has 3 nitrogen and oxygen atoms in total. The molecule has 0 aliphatic heterocycles. The molecule has 2 N–H and O–H groups in total. The van der Waals surface area contributed by atoms with E-state index in [1.807, 2.05) is 11.9 Å². The maximum atomic E-state index is 11.1. The van der Waals surface area contributed by atoms with E-state index in [9.17, 15) is 4.79 Å². The number of carbonyl (C=O) groups is 1. The maximum absolute atomic E-state index is 11.1. The van der Waals surface area contributed by atoms with Gasteiger partial charge in [0.2, 0.25) is 5.91 Å². The molecule has 2 unspecified atom stereocenters. The van der Waals surface area contributed by atoms with Crippen LogP contribution >= 0.6 is 0 Å². The number of hydrogen-bond donors (Lipinski definition) is 1. The van der Waals surface area contributed by atoms with E-state index in [1.165, 1.54) is 25.7 Å². The molecule has 0 aromatic heterocycles. The normalized spacial score (nSPS) is 26.3. The van der Waals surface area contributed by atoms with Gasteiger partial charge in [0.05, 0.1) is 0 Å². The number of nitrogens with two attached hydrogens (primary N) is 1. The summed E-state index contributed by atoms with van der Waals surface area (Å²) >= 11 is 0. The van der Waals surface area contributed by atoms with Crippen LogP contribution in [0, 0.1) is 11.8 Å². The summed E-state index contributed by atoms with van der Waals surface area (Å²) in [5.41, 5.74) is 5.59. The largest absolute Gasteiger partial charge is 0.346 e. The van der Waals surface area contributed by atoms with Gasteiger partial charge in [-0.2, -0.15) is 0 Å². The van der Waals surface area contributed by atoms with Crippen molar-refractivity contribution in [3.63, 3.8) is 0 Å². The monoisotopic (exact) mass is 212 g/mol. The Morgan fingerprint density at radius 1 is 1.40 bits per heavy atom. The van der Waals surface area contributed by atoms with E-state index in [1.54, 1.807) is 6.92 Å². The zero-order valence-electron chi connectivity index (χ0n) is 10.0. The fourth-order valence-corrected chi connectivity index (χ4v) is 2.58. The first-order valence-corrected chi connectivity index (χ1v) is 6.05. The SMILES string of the molecule is CC(=O)N(C)CC1CCCC(CCN)C1. The maximum Gasteiger partial charge on any atom is 0.219 e. The molecule has 15 heavy (non-hydrogen) atoms. The first kappa shape index (κ1) is 12.5. The van der Waals surface area contributed by atoms with Gasteiger partial charge >= 0.3 is 0 Å². The van der Waals surface area contributed by atoms with E-state index in [0.717, 1.165) is 25.4 Å². The highest BCUT2D eigenvalue weighted by atomic mass is 16.2. The molecule has 1 saturated carbocycles. The summed E-state index contributed by atoms with van der Waals surface area (Å²) in [6, 6.07) is 0. The van der Waals surface area contributed by atoms with E-state index in [4.69, 9.17) is 5.73 Å². The Bertz CT molecular complexity index is 204. The van der Waals surface area contributed by atoms with Crippen LogP contribution < -0.4 is 5.73 Å². The first-order valence-electron chi connectivity index (χ1n) is 6.05. The van der Waals surface area contributed by atoms with Gasteiger partial charge in [-0.25, -0.2) is 0 Å². The van der Waals surface area contributed by atoms with Crippen LogP contribution in [0.25, 0.3) is 0 Å². The molecule has 0 aromatic carbocycles. The molecule has 1 aliphatic rings. The zero-order valence-corrected chi connectivity index (χ0v) is 10.0. The number of nitrogens with zero attached hydrogens (tertiary/aromatic N) is 1. The number of rotatable bonds is 4. The van der Waals surface area contributed by atoms with E-state index < -0.39 is 0 Å². The molecular weight excluding hydrogens is 188 g/mol. The Morgan fingerprint density at radius 3 is 2.67 bits per heavy atom. The van der Waals surface area contributed by atoms with E-state index in [-0.39, 0.29) is 5.91 Å². The van der Waals surface area contributed by atoms with Gasteiger partial charge in [-0.05, 0) is 37.6 Å². The molecule has 1 fully saturated rings. The second-order valence-electron chi connectivity index (χ2n) is 4.88. The summed E-state index contributed by atoms with van der Waals surface area (Å²) in [4.78, 5) is 13.0. The summed E-state index contributed by atoms with van der Waals surface area (Å²) in [6.07, 6.45) is 6.33. The lowest BCUT2D eigenvalue weighted by atomic mass is 9.79. The van der Waals surface area contributed by atoms with Gasteiger partial charge in [-0.3, -0.25) is 4.79 Å². The van der Waals surface area contributed by atoms with Crippen molar-refractivity contribution >= 4 is 5.91 Å². The Hall–Kier alpha value is -0.570. The van der Waals surface area contributed by atoms with Crippen LogP contribution in [0.4, 0.5) is 0 Å². The van der Waals surface area contributed by atoms with Crippen LogP contribution in [-0.2, 0) is 4.79 Å². The highest BCUT2D eigenvalue weighted by Crippen LogP contribution is 2.31. The van der Waals surface area contributed by atoms with Gasteiger partial charge in [-0.15, -0.1) is 0 Å². The smallest absolute Gasteiger partial charge is 0.219 e. The molecule has 0 bridgehead atoms. The topological polar surface area (TPSA) is 46.3 Å². The quantitative estimate of drug-likeness (QED) is 0.769. The summed E-state index contributed by atoms with van der Waals surface area (Å²) in [7, 11) is 1.90. The van der Waals surface area contributed by atoms with Gasteiger partial charge in [0.25, 0.3) is 0 Å². The molecule has 88 valence electrons. The molecule has 0 saturated heterocycles. The summed E-state index contributed by atoms with van der Waals surface area (Å²) in [5.74, 6) is 1.68. The van der Waals surface area contributed by atoms with E-state index in [0.29, 0.717) is 5.92 Å². The number of amides is 1. The van der Waals surface area contributed by atoms with Crippen LogP contribution in [0.1, 0.15) is 39.0 Å². The van der Waals surface area contributed by atoms with Crippen molar-refractivity contribution in [2.45, 2.75) is 39.0 Å². The highest BCUT2D eigenvalue weighted by Gasteiger charge is 2.22. The van der Waals surface area contributed by atoms with Crippen molar-refractivity contribution in [3.8, 4) is 0 Å². The Morgan fingerprint density at radius 2 is 2.07 bits per heavy atom. The van der Waals surface area contributed by atoms with Crippen LogP contribution in [0.15, 0.2) is 0 Å². The molecule has 3 heteroatoms. The molecule has 1 rings (SSSR count). The Kier molecular flexibility index (Phi) is 5.09. The minimum absolute atomic E-state index is 0.177.